The molecule has 1 aromatic carbocycles. The van der Waals surface area contributed by atoms with E-state index in [1.165, 1.54) is 30.3 Å². The number of amidine groups is 1. The maximum Gasteiger partial charge on any atom is 0.264 e. The van der Waals surface area contributed by atoms with Crippen molar-refractivity contribution in [2.45, 2.75) is 40.0 Å². The number of hydrogen-bond acceptors (Lipinski definition) is 4. The molecule has 0 aromatic heterocycles. The zero-order valence-electron chi connectivity index (χ0n) is 15.2. The molecule has 6 heteroatoms. The first-order valence-corrected chi connectivity index (χ1v) is 10.5. The third-order valence-electron chi connectivity index (χ3n) is 6.59. The van der Waals surface area contributed by atoms with Gasteiger partial charge in [0.25, 0.3) is 5.91 Å². The quantitative estimate of drug-likeness (QED) is 0.515. The van der Waals surface area contributed by atoms with E-state index >= 15 is 0 Å². The number of nitrogens with one attached hydrogen (secondary N) is 1. The normalized spacial score (nSPS) is 34.2. The standard InChI is InChI=1S/C20H22BrN3OS/c1-19(2)13-8-9-20(19,3)16(11-13)23-24-18-22-17(25)15(26-18)10-12-4-6-14(21)7-5-12/h4-7,10,13H,8-9,11H2,1-3H3,(H,22,24,25)/b15-10+,23-16+. The van der Waals surface area contributed by atoms with Crippen LogP contribution in [0, 0.1) is 16.7 Å². The van der Waals surface area contributed by atoms with Crippen molar-refractivity contribution < 1.29 is 4.79 Å². The molecule has 2 saturated carbocycles. The monoisotopic (exact) mass is 431 g/mol. The highest BCUT2D eigenvalue weighted by Gasteiger charge is 2.60. The fourth-order valence-electron chi connectivity index (χ4n) is 4.37. The molecule has 1 N–H and O–H groups in total. The smallest absolute Gasteiger partial charge is 0.264 e. The summed E-state index contributed by atoms with van der Waals surface area (Å²) in [6, 6.07) is 7.86. The van der Waals surface area contributed by atoms with Crippen LogP contribution < -0.4 is 5.32 Å². The third kappa shape index (κ3) is 2.87. The molecule has 136 valence electrons. The highest BCUT2D eigenvalue weighted by molar-refractivity contribution is 9.10. The van der Waals surface area contributed by atoms with E-state index in [9.17, 15) is 4.79 Å². The van der Waals surface area contributed by atoms with Gasteiger partial charge in [-0.2, -0.15) is 5.10 Å². The second-order valence-electron chi connectivity index (χ2n) is 8.06. The first kappa shape index (κ1) is 18.0. The predicted molar refractivity (Wildman–Crippen MR) is 112 cm³/mol. The fourth-order valence-corrected chi connectivity index (χ4v) is 5.41. The number of benzene rings is 1. The molecule has 1 aromatic rings. The van der Waals surface area contributed by atoms with Crippen LogP contribution in [0.4, 0.5) is 0 Å². The summed E-state index contributed by atoms with van der Waals surface area (Å²) < 4.78 is 1.02. The molecule has 2 unspecified atom stereocenters. The van der Waals surface area contributed by atoms with Crippen molar-refractivity contribution in [3.63, 3.8) is 0 Å². The van der Waals surface area contributed by atoms with Crippen LogP contribution in [0.25, 0.3) is 6.08 Å². The molecule has 4 nitrogen and oxygen atoms in total. The number of fused-ring (bicyclic) bond motifs is 2. The number of hydrogen-bond donors (Lipinski definition) is 1. The Hall–Kier alpha value is -1.40. The average Bonchev–Trinajstić information content (AvgIpc) is 3.12. The molecule has 1 saturated heterocycles. The van der Waals surface area contributed by atoms with Crippen molar-refractivity contribution in [1.82, 2.24) is 5.32 Å². The Morgan fingerprint density at radius 3 is 2.58 bits per heavy atom. The summed E-state index contributed by atoms with van der Waals surface area (Å²) >= 11 is 4.77. The topological polar surface area (TPSA) is 53.8 Å². The van der Waals surface area contributed by atoms with Crippen molar-refractivity contribution in [1.29, 1.82) is 0 Å². The van der Waals surface area contributed by atoms with E-state index in [-0.39, 0.29) is 16.7 Å². The van der Waals surface area contributed by atoms with Crippen molar-refractivity contribution in [2.24, 2.45) is 27.0 Å². The van der Waals surface area contributed by atoms with Gasteiger partial charge in [-0.3, -0.25) is 10.1 Å². The molecule has 0 radical (unpaired) electrons. The molecule has 0 spiro atoms. The minimum Gasteiger partial charge on any atom is -0.299 e. The van der Waals surface area contributed by atoms with Gasteiger partial charge >= 0.3 is 0 Å². The summed E-state index contributed by atoms with van der Waals surface area (Å²) in [5.74, 6) is 0.585. The number of carbonyl (C=O) groups excluding carboxylic acids is 1. The minimum atomic E-state index is -0.114. The first-order valence-electron chi connectivity index (χ1n) is 8.91. The zero-order chi connectivity index (χ0) is 18.5. The van der Waals surface area contributed by atoms with Gasteiger partial charge in [-0.1, -0.05) is 48.8 Å². The van der Waals surface area contributed by atoms with Gasteiger partial charge in [0.1, 0.15) is 0 Å². The molecule has 1 heterocycles. The molecular weight excluding hydrogens is 410 g/mol. The Balaban J connectivity index is 1.53. The van der Waals surface area contributed by atoms with E-state index < -0.39 is 0 Å². The Bertz CT molecular complexity index is 856. The first-order chi connectivity index (χ1) is 12.3. The Labute approximate surface area is 166 Å². The maximum absolute atomic E-state index is 12.2. The summed E-state index contributed by atoms with van der Waals surface area (Å²) in [5.41, 5.74) is 2.59. The fraction of sp³-hybridized carbons (Fsp3) is 0.450. The van der Waals surface area contributed by atoms with Crippen LogP contribution in [-0.4, -0.2) is 16.8 Å². The molecule has 3 fully saturated rings. The van der Waals surface area contributed by atoms with Gasteiger partial charge in [0, 0.05) is 15.6 Å². The number of amides is 1. The predicted octanol–water partition coefficient (Wildman–Crippen LogP) is 5.21. The second kappa shape index (κ2) is 6.34. The SMILES string of the molecule is CC12CCC(C/C1=N\N=C1/NC(=O)/C(=C\c3ccc(Br)cc3)S1)C2(C)C. The summed E-state index contributed by atoms with van der Waals surface area (Å²) in [6.07, 6.45) is 5.37. The summed E-state index contributed by atoms with van der Waals surface area (Å²) in [4.78, 5) is 12.9. The summed E-state index contributed by atoms with van der Waals surface area (Å²) in [5, 5.41) is 12.3. The lowest BCUT2D eigenvalue weighted by Gasteiger charge is -2.34. The van der Waals surface area contributed by atoms with Crippen LogP contribution in [0.2, 0.25) is 0 Å². The van der Waals surface area contributed by atoms with Crippen LogP contribution in [0.3, 0.4) is 0 Å². The number of nitrogens with zero attached hydrogens (tertiary/aromatic N) is 2. The Morgan fingerprint density at radius 2 is 1.96 bits per heavy atom. The van der Waals surface area contributed by atoms with Crippen LogP contribution in [0.15, 0.2) is 43.8 Å². The van der Waals surface area contributed by atoms with Gasteiger partial charge in [0.15, 0.2) is 5.17 Å². The van der Waals surface area contributed by atoms with Gasteiger partial charge in [-0.25, -0.2) is 0 Å². The lowest BCUT2D eigenvalue weighted by molar-refractivity contribution is -0.115. The highest BCUT2D eigenvalue weighted by Crippen LogP contribution is 2.64. The van der Waals surface area contributed by atoms with Crippen molar-refractivity contribution in [3.8, 4) is 0 Å². The van der Waals surface area contributed by atoms with E-state index in [1.807, 2.05) is 30.3 Å². The number of halogens is 1. The molecule has 2 bridgehead atoms. The number of carbonyl (C=O) groups is 1. The van der Waals surface area contributed by atoms with E-state index in [4.69, 9.17) is 0 Å². The van der Waals surface area contributed by atoms with Crippen LogP contribution in [-0.2, 0) is 4.79 Å². The Kier molecular flexibility index (Phi) is 4.39. The summed E-state index contributed by atoms with van der Waals surface area (Å²) in [7, 11) is 0. The lowest BCUT2D eigenvalue weighted by Crippen LogP contribution is -2.32. The van der Waals surface area contributed by atoms with Gasteiger partial charge in [0.05, 0.1) is 4.91 Å². The van der Waals surface area contributed by atoms with Crippen LogP contribution in [0.1, 0.15) is 45.6 Å². The second-order valence-corrected chi connectivity index (χ2v) is 10.0. The molecule has 2 atom stereocenters. The minimum absolute atomic E-state index is 0.114. The van der Waals surface area contributed by atoms with E-state index in [1.54, 1.807) is 0 Å². The van der Waals surface area contributed by atoms with Gasteiger partial charge in [-0.15, -0.1) is 5.10 Å². The molecular formula is C20H22BrN3OS. The number of thioether (sulfide) groups is 1. The molecule has 4 rings (SSSR count). The zero-order valence-corrected chi connectivity index (χ0v) is 17.6. The molecule has 1 aliphatic heterocycles. The van der Waals surface area contributed by atoms with E-state index in [0.29, 0.717) is 16.0 Å². The maximum atomic E-state index is 12.2. The van der Waals surface area contributed by atoms with Crippen molar-refractivity contribution in [2.75, 3.05) is 0 Å². The largest absolute Gasteiger partial charge is 0.299 e. The van der Waals surface area contributed by atoms with Crippen molar-refractivity contribution in [3.05, 3.63) is 39.2 Å². The summed E-state index contributed by atoms with van der Waals surface area (Å²) in [6.45, 7) is 7.02. The van der Waals surface area contributed by atoms with E-state index in [2.05, 4.69) is 52.2 Å². The number of rotatable bonds is 2. The van der Waals surface area contributed by atoms with Gasteiger partial charge in [0.2, 0.25) is 0 Å². The Morgan fingerprint density at radius 1 is 1.23 bits per heavy atom. The van der Waals surface area contributed by atoms with E-state index in [0.717, 1.165) is 16.5 Å². The average molecular weight is 432 g/mol. The van der Waals surface area contributed by atoms with Crippen LogP contribution >= 0.6 is 27.7 Å². The van der Waals surface area contributed by atoms with Crippen LogP contribution in [0.5, 0.6) is 0 Å². The molecule has 26 heavy (non-hydrogen) atoms. The third-order valence-corrected chi connectivity index (χ3v) is 8.02. The van der Waals surface area contributed by atoms with Gasteiger partial charge in [-0.05, 0) is 66.1 Å². The van der Waals surface area contributed by atoms with Gasteiger partial charge < -0.3 is 0 Å². The lowest BCUT2D eigenvalue weighted by atomic mass is 9.70. The van der Waals surface area contributed by atoms with Crippen molar-refractivity contribution >= 4 is 50.6 Å². The molecule has 2 aliphatic carbocycles. The molecule has 3 aliphatic rings. The molecule has 1 amide bonds. The highest BCUT2D eigenvalue weighted by atomic mass is 79.9.